The zero-order valence-electron chi connectivity index (χ0n) is 18.2. The van der Waals surface area contributed by atoms with Crippen molar-refractivity contribution in [1.29, 1.82) is 0 Å². The first-order valence-corrected chi connectivity index (χ1v) is 12.7. The molecule has 170 valence electrons. The third-order valence-corrected chi connectivity index (χ3v) is 7.88. The number of thiazole rings is 1. The van der Waals surface area contributed by atoms with Gasteiger partial charge >= 0.3 is 0 Å². The zero-order chi connectivity index (χ0) is 23.5. The number of rotatable bonds is 8. The van der Waals surface area contributed by atoms with Gasteiger partial charge in [-0.15, -0.1) is 16.9 Å². The second-order valence-electron chi connectivity index (χ2n) is 7.19. The van der Waals surface area contributed by atoms with Crippen LogP contribution in [0.3, 0.4) is 0 Å². The average molecular weight is 500 g/mol. The van der Waals surface area contributed by atoms with Crippen molar-refractivity contribution >= 4 is 57.6 Å². The molecule has 1 aromatic carbocycles. The van der Waals surface area contributed by atoms with Gasteiger partial charge in [0, 0.05) is 22.7 Å². The Hall–Kier alpha value is -2.96. The molecule has 0 atom stereocenters. The molecule has 0 radical (unpaired) electrons. The molecule has 0 unspecified atom stereocenters. The van der Waals surface area contributed by atoms with Crippen molar-refractivity contribution in [2.24, 2.45) is 5.73 Å². The smallest absolute Gasteiger partial charge is 0.257 e. The highest BCUT2D eigenvalue weighted by Gasteiger charge is 2.16. The van der Waals surface area contributed by atoms with E-state index in [1.165, 1.54) is 34.9 Å². The molecule has 3 heterocycles. The molecule has 3 aromatic heterocycles. The summed E-state index contributed by atoms with van der Waals surface area (Å²) in [6, 6.07) is 9.36. The summed E-state index contributed by atoms with van der Waals surface area (Å²) in [7, 11) is 0. The predicted molar refractivity (Wildman–Crippen MR) is 131 cm³/mol. The van der Waals surface area contributed by atoms with E-state index in [2.05, 4.69) is 25.4 Å². The fourth-order valence-electron chi connectivity index (χ4n) is 3.09. The van der Waals surface area contributed by atoms with Gasteiger partial charge in [-0.05, 0) is 38.5 Å². The normalized spacial score (nSPS) is 11.1. The fourth-order valence-corrected chi connectivity index (χ4v) is 5.78. The first-order chi connectivity index (χ1) is 15.8. The number of carbonyl (C=O) groups is 2. The largest absolute Gasteiger partial charge is 0.369 e. The van der Waals surface area contributed by atoms with Crippen LogP contribution in [0.25, 0.3) is 5.78 Å². The highest BCUT2D eigenvalue weighted by molar-refractivity contribution is 8.01. The van der Waals surface area contributed by atoms with Gasteiger partial charge in [-0.25, -0.2) is 14.5 Å². The average Bonchev–Trinajstić information content (AvgIpc) is 3.33. The molecule has 0 aliphatic carbocycles. The number of thioether (sulfide) groups is 2. The molecule has 3 N–H and O–H groups in total. The molecule has 0 saturated carbocycles. The molecule has 9 nitrogen and oxygen atoms in total. The van der Waals surface area contributed by atoms with Crippen LogP contribution in [0.5, 0.6) is 0 Å². The van der Waals surface area contributed by atoms with Crippen LogP contribution in [-0.4, -0.2) is 42.1 Å². The number of fused-ring (bicyclic) bond motifs is 1. The third-order valence-electron chi connectivity index (χ3n) is 4.54. The highest BCUT2D eigenvalue weighted by Crippen LogP contribution is 2.32. The van der Waals surface area contributed by atoms with Crippen LogP contribution in [0.4, 0.5) is 5.13 Å². The number of nitrogens with zero attached hydrogens (tertiary/aromatic N) is 5. The molecule has 0 fully saturated rings. The van der Waals surface area contributed by atoms with E-state index < -0.39 is 5.91 Å². The van der Waals surface area contributed by atoms with Gasteiger partial charge < -0.3 is 5.73 Å². The minimum Gasteiger partial charge on any atom is -0.369 e. The summed E-state index contributed by atoms with van der Waals surface area (Å²) in [5.74, 6) is 0.607. The van der Waals surface area contributed by atoms with Gasteiger partial charge in [0.05, 0.1) is 15.7 Å². The highest BCUT2D eigenvalue weighted by atomic mass is 32.2. The monoisotopic (exact) mass is 499 g/mol. The summed E-state index contributed by atoms with van der Waals surface area (Å²) >= 11 is 4.08. The van der Waals surface area contributed by atoms with Crippen LogP contribution >= 0.6 is 34.9 Å². The number of hydrogen-bond donors (Lipinski definition) is 2. The number of anilines is 1. The van der Waals surface area contributed by atoms with Gasteiger partial charge in [-0.3, -0.25) is 14.9 Å². The third kappa shape index (κ3) is 5.52. The summed E-state index contributed by atoms with van der Waals surface area (Å²) < 4.78 is 2.57. The van der Waals surface area contributed by atoms with Gasteiger partial charge in [0.1, 0.15) is 0 Å². The Kier molecular flexibility index (Phi) is 6.96. The van der Waals surface area contributed by atoms with Gasteiger partial charge in [-0.1, -0.05) is 41.3 Å². The minimum absolute atomic E-state index is 0.169. The number of aromatic nitrogens is 5. The van der Waals surface area contributed by atoms with Gasteiger partial charge in [0.15, 0.2) is 5.13 Å². The summed E-state index contributed by atoms with van der Waals surface area (Å²) in [6.07, 6.45) is 0. The number of amides is 2. The van der Waals surface area contributed by atoms with Gasteiger partial charge in [-0.2, -0.15) is 4.98 Å². The van der Waals surface area contributed by atoms with Crippen LogP contribution in [0.15, 0.2) is 39.7 Å². The van der Waals surface area contributed by atoms with E-state index in [9.17, 15) is 9.59 Å². The maximum atomic E-state index is 13.0. The molecule has 2 amide bonds. The lowest BCUT2D eigenvalue weighted by molar-refractivity contribution is -0.115. The van der Waals surface area contributed by atoms with Crippen LogP contribution < -0.4 is 11.1 Å². The number of carbonyl (C=O) groups excluding carboxylic acids is 2. The summed E-state index contributed by atoms with van der Waals surface area (Å²) in [6.45, 7) is 5.72. The lowest BCUT2D eigenvalue weighted by Crippen LogP contribution is -2.13. The van der Waals surface area contributed by atoms with Crippen molar-refractivity contribution in [2.45, 2.75) is 35.9 Å². The van der Waals surface area contributed by atoms with Crippen LogP contribution in [0, 0.1) is 20.8 Å². The molecule has 4 rings (SSSR count). The number of primary amides is 1. The molecule has 0 aliphatic rings. The van der Waals surface area contributed by atoms with Gasteiger partial charge in [0.25, 0.3) is 11.7 Å². The number of aryl methyl sites for hydroxylation is 3. The number of nitrogens with one attached hydrogen (secondary N) is 1. The molecule has 0 aliphatic heterocycles. The number of nitrogens with two attached hydrogens (primary N) is 1. The Morgan fingerprint density at radius 3 is 2.70 bits per heavy atom. The maximum Gasteiger partial charge on any atom is 0.257 e. The topological polar surface area (TPSA) is 128 Å². The Morgan fingerprint density at radius 1 is 1.12 bits per heavy atom. The lowest BCUT2D eigenvalue weighted by Gasteiger charge is -2.07. The second kappa shape index (κ2) is 9.89. The first-order valence-electron chi connectivity index (χ1n) is 9.92. The lowest BCUT2D eigenvalue weighted by atomic mass is 10.1. The molecule has 0 saturated heterocycles. The summed E-state index contributed by atoms with van der Waals surface area (Å²) in [5, 5.41) is 8.45. The van der Waals surface area contributed by atoms with Crippen molar-refractivity contribution < 1.29 is 9.59 Å². The molecule has 12 heteroatoms. The standard InChI is InChI=1S/C21H21N7O2S3/c1-11-8-12(2)28-19(23-11)26-21(27-28)32-9-14-6-4-5-7-15(14)17(30)25-20-24-13(3)18(33-20)31-10-16(22)29/h4-8H,9-10H2,1-3H3,(H2,22,29)(H,24,25,30). The number of hydrogen-bond acceptors (Lipinski definition) is 9. The molecule has 33 heavy (non-hydrogen) atoms. The zero-order valence-corrected chi connectivity index (χ0v) is 20.6. The Labute approximate surface area is 202 Å². The van der Waals surface area contributed by atoms with Crippen molar-refractivity contribution in [3.63, 3.8) is 0 Å². The Bertz CT molecular complexity index is 1350. The van der Waals surface area contributed by atoms with E-state index >= 15 is 0 Å². The minimum atomic E-state index is -0.397. The van der Waals surface area contributed by atoms with Crippen LogP contribution in [0.2, 0.25) is 0 Å². The van der Waals surface area contributed by atoms with Crippen molar-refractivity contribution in [1.82, 2.24) is 24.6 Å². The van der Waals surface area contributed by atoms with Gasteiger partial charge in [0.2, 0.25) is 11.1 Å². The van der Waals surface area contributed by atoms with E-state index in [-0.39, 0.29) is 11.7 Å². The maximum absolute atomic E-state index is 13.0. The quantitative estimate of drug-likeness (QED) is 0.352. The van der Waals surface area contributed by atoms with E-state index in [0.717, 1.165) is 26.9 Å². The molecule has 0 bridgehead atoms. The van der Waals surface area contributed by atoms with E-state index in [4.69, 9.17) is 5.73 Å². The second-order valence-corrected chi connectivity index (χ2v) is 10.4. The molecule has 4 aromatic rings. The molecule has 0 spiro atoms. The van der Waals surface area contributed by atoms with Crippen LogP contribution in [0.1, 0.15) is 33.0 Å². The fraction of sp³-hybridized carbons (Fsp3) is 0.238. The SMILES string of the molecule is Cc1cc(C)n2nc(SCc3ccccc3C(=O)Nc3nc(C)c(SCC(N)=O)s3)nc2n1. The molecular formula is C21H21N7O2S3. The van der Waals surface area contributed by atoms with Crippen molar-refractivity contribution in [3.05, 3.63) is 58.5 Å². The summed E-state index contributed by atoms with van der Waals surface area (Å²) in [5.41, 5.74) is 9.23. The van der Waals surface area contributed by atoms with E-state index in [1.54, 1.807) is 10.6 Å². The van der Waals surface area contributed by atoms with E-state index in [1.807, 2.05) is 45.0 Å². The first kappa shape index (κ1) is 23.2. The van der Waals surface area contributed by atoms with Crippen molar-refractivity contribution in [2.75, 3.05) is 11.1 Å². The molecular weight excluding hydrogens is 478 g/mol. The van der Waals surface area contributed by atoms with E-state index in [0.29, 0.717) is 27.4 Å². The Balaban J connectivity index is 1.47. The Morgan fingerprint density at radius 2 is 1.91 bits per heavy atom. The predicted octanol–water partition coefficient (Wildman–Crippen LogP) is 3.63. The van der Waals surface area contributed by atoms with Crippen molar-refractivity contribution in [3.8, 4) is 0 Å². The summed E-state index contributed by atoms with van der Waals surface area (Å²) in [4.78, 5) is 37.3. The number of benzene rings is 1. The van der Waals surface area contributed by atoms with Crippen LogP contribution in [-0.2, 0) is 10.5 Å².